The second-order valence-electron chi connectivity index (χ2n) is 8.17. The summed E-state index contributed by atoms with van der Waals surface area (Å²) < 4.78 is 44.9. The molecule has 0 bridgehead atoms. The van der Waals surface area contributed by atoms with E-state index in [1.807, 2.05) is 0 Å². The van der Waals surface area contributed by atoms with Gasteiger partial charge in [-0.3, -0.25) is 9.59 Å². The highest BCUT2D eigenvalue weighted by molar-refractivity contribution is 7.80. The summed E-state index contributed by atoms with van der Waals surface area (Å²) in [4.78, 5) is 31.0. The number of pyridine rings is 1. The van der Waals surface area contributed by atoms with E-state index in [1.54, 1.807) is 24.4 Å². The summed E-state index contributed by atoms with van der Waals surface area (Å²) >= 11 is 17.4. The zero-order valence-electron chi connectivity index (χ0n) is 19.0. The van der Waals surface area contributed by atoms with Crippen molar-refractivity contribution in [1.82, 2.24) is 20.1 Å². The third-order valence-electron chi connectivity index (χ3n) is 5.29. The minimum atomic E-state index is -4.62. The first-order valence-corrected chi connectivity index (χ1v) is 11.9. The van der Waals surface area contributed by atoms with E-state index in [0.717, 1.165) is 10.9 Å². The number of ether oxygens (including phenoxy) is 1. The number of hydrogen-bond acceptors (Lipinski definition) is 6. The monoisotopic (exact) mass is 571 g/mol. The maximum Gasteiger partial charge on any atom is 0.405 e. The van der Waals surface area contributed by atoms with Gasteiger partial charge in [0.1, 0.15) is 18.3 Å². The first-order chi connectivity index (χ1) is 17.4. The van der Waals surface area contributed by atoms with Crippen LogP contribution in [0.5, 0.6) is 5.88 Å². The molecule has 1 saturated carbocycles. The molecule has 2 amide bonds. The Morgan fingerprint density at radius 1 is 1.22 bits per heavy atom. The lowest BCUT2D eigenvalue weighted by molar-refractivity contribution is -0.123. The number of amides is 2. The molecule has 8 nitrogen and oxygen atoms in total. The van der Waals surface area contributed by atoms with E-state index in [9.17, 15) is 22.8 Å². The summed E-state index contributed by atoms with van der Waals surface area (Å²) in [6, 6.07) is 7.15. The largest absolute Gasteiger partial charge is 0.473 e. The van der Waals surface area contributed by atoms with Gasteiger partial charge in [-0.15, -0.1) is 5.10 Å². The van der Waals surface area contributed by atoms with Crippen molar-refractivity contribution in [3.05, 3.63) is 63.4 Å². The average molecular weight is 572 g/mol. The van der Waals surface area contributed by atoms with Crippen LogP contribution in [-0.4, -0.2) is 50.3 Å². The molecule has 1 fully saturated rings. The Bertz CT molecular complexity index is 1390. The van der Waals surface area contributed by atoms with Gasteiger partial charge in [0, 0.05) is 35.0 Å². The van der Waals surface area contributed by atoms with Gasteiger partial charge < -0.3 is 15.4 Å². The van der Waals surface area contributed by atoms with E-state index in [1.165, 1.54) is 23.0 Å². The maximum atomic E-state index is 13.4. The van der Waals surface area contributed by atoms with Gasteiger partial charge in [0.15, 0.2) is 5.82 Å². The highest BCUT2D eigenvalue weighted by Crippen LogP contribution is 2.29. The number of carbonyl (C=O) groups excluding carboxylic acids is 2. The summed E-state index contributed by atoms with van der Waals surface area (Å²) in [7, 11) is 0. The van der Waals surface area contributed by atoms with Crippen LogP contribution in [0.2, 0.25) is 10.0 Å². The number of halogens is 5. The Morgan fingerprint density at radius 3 is 2.59 bits per heavy atom. The summed E-state index contributed by atoms with van der Waals surface area (Å²) in [5.74, 6) is -1.55. The third kappa shape index (κ3) is 6.38. The smallest absolute Gasteiger partial charge is 0.405 e. The van der Waals surface area contributed by atoms with Crippen molar-refractivity contribution in [3.63, 3.8) is 0 Å². The second kappa shape index (κ2) is 10.6. The second-order valence-corrected chi connectivity index (χ2v) is 9.59. The fourth-order valence-electron chi connectivity index (χ4n) is 3.52. The molecule has 14 heteroatoms. The lowest BCUT2D eigenvalue weighted by atomic mass is 9.96. The molecule has 1 aromatic carbocycles. The Balaban J connectivity index is 1.68. The van der Waals surface area contributed by atoms with Crippen molar-refractivity contribution in [2.24, 2.45) is 0 Å². The van der Waals surface area contributed by atoms with E-state index in [4.69, 9.17) is 40.2 Å². The Labute approximate surface area is 224 Å². The SMILES string of the molecule is Cc1cc(Cl)cc(C(=O)NCC(F)(F)F)c1NC(=O)c1cc(OC2CC(=S)C2)nn1-c1ncccc1Cl. The zero-order chi connectivity index (χ0) is 26.9. The van der Waals surface area contributed by atoms with Crippen molar-refractivity contribution in [2.45, 2.75) is 32.0 Å². The quantitative estimate of drug-likeness (QED) is 0.371. The number of carbonyl (C=O) groups is 2. The predicted molar refractivity (Wildman–Crippen MR) is 135 cm³/mol. The predicted octanol–water partition coefficient (Wildman–Crippen LogP) is 5.34. The molecule has 0 spiro atoms. The maximum absolute atomic E-state index is 13.4. The third-order valence-corrected chi connectivity index (χ3v) is 6.14. The number of aromatic nitrogens is 3. The van der Waals surface area contributed by atoms with Gasteiger partial charge in [-0.1, -0.05) is 35.4 Å². The van der Waals surface area contributed by atoms with Crippen LogP contribution in [-0.2, 0) is 0 Å². The summed E-state index contributed by atoms with van der Waals surface area (Å²) in [5.41, 5.74) is 0.0256. The van der Waals surface area contributed by atoms with Gasteiger partial charge >= 0.3 is 6.18 Å². The van der Waals surface area contributed by atoms with Gasteiger partial charge in [-0.25, -0.2) is 9.67 Å². The molecule has 2 aromatic heterocycles. The molecule has 4 rings (SSSR count). The molecule has 37 heavy (non-hydrogen) atoms. The zero-order valence-corrected chi connectivity index (χ0v) is 21.4. The summed E-state index contributed by atoms with van der Waals surface area (Å²) in [6.07, 6.45) is -2.19. The van der Waals surface area contributed by atoms with Gasteiger partial charge in [-0.2, -0.15) is 13.2 Å². The molecule has 0 aliphatic heterocycles. The molecule has 0 radical (unpaired) electrons. The van der Waals surface area contributed by atoms with Crippen LogP contribution in [0.3, 0.4) is 0 Å². The number of nitrogens with one attached hydrogen (secondary N) is 2. The summed E-state index contributed by atoms with van der Waals surface area (Å²) in [6.45, 7) is -0.00992. The Morgan fingerprint density at radius 2 is 1.95 bits per heavy atom. The molecule has 2 heterocycles. The Hall–Kier alpha value is -3.22. The van der Waals surface area contributed by atoms with Crippen LogP contribution in [0, 0.1) is 6.92 Å². The highest BCUT2D eigenvalue weighted by atomic mass is 35.5. The normalized spacial score (nSPS) is 13.7. The topological polar surface area (TPSA) is 98.1 Å². The van der Waals surface area contributed by atoms with Crippen LogP contribution < -0.4 is 15.4 Å². The molecule has 1 aliphatic rings. The molecule has 0 atom stereocenters. The van der Waals surface area contributed by atoms with Gasteiger partial charge in [-0.05, 0) is 36.8 Å². The van der Waals surface area contributed by atoms with Crippen LogP contribution in [0.1, 0.15) is 39.3 Å². The molecular formula is C23H18Cl2F3N5O3S. The van der Waals surface area contributed by atoms with Crippen molar-refractivity contribution >= 4 is 57.8 Å². The molecule has 3 aromatic rings. The lowest BCUT2D eigenvalue weighted by Crippen LogP contribution is -2.34. The number of benzene rings is 1. The van der Waals surface area contributed by atoms with Gasteiger partial charge in [0.2, 0.25) is 5.88 Å². The minimum absolute atomic E-state index is 0.0271. The first-order valence-electron chi connectivity index (χ1n) is 10.8. The van der Waals surface area contributed by atoms with E-state index in [0.29, 0.717) is 18.4 Å². The first kappa shape index (κ1) is 26.8. The van der Waals surface area contributed by atoms with Gasteiger partial charge in [0.05, 0.1) is 16.3 Å². The van der Waals surface area contributed by atoms with E-state index in [2.05, 4.69) is 15.4 Å². The van der Waals surface area contributed by atoms with Crippen LogP contribution in [0.25, 0.3) is 5.82 Å². The van der Waals surface area contributed by atoms with E-state index < -0.39 is 24.5 Å². The molecule has 1 aliphatic carbocycles. The number of aryl methyl sites for hydroxylation is 1. The number of hydrogen-bond donors (Lipinski definition) is 2. The van der Waals surface area contributed by atoms with Crippen molar-refractivity contribution in [2.75, 3.05) is 11.9 Å². The van der Waals surface area contributed by atoms with Crippen LogP contribution >= 0.6 is 35.4 Å². The molecular weight excluding hydrogens is 554 g/mol. The van der Waals surface area contributed by atoms with Crippen molar-refractivity contribution < 1.29 is 27.5 Å². The van der Waals surface area contributed by atoms with Crippen LogP contribution in [0.4, 0.5) is 18.9 Å². The summed E-state index contributed by atoms with van der Waals surface area (Å²) in [5, 5.41) is 8.99. The van der Waals surface area contributed by atoms with E-state index >= 15 is 0 Å². The molecule has 2 N–H and O–H groups in total. The van der Waals surface area contributed by atoms with Crippen LogP contribution in [0.15, 0.2) is 36.5 Å². The van der Waals surface area contributed by atoms with Crippen molar-refractivity contribution in [1.29, 1.82) is 0 Å². The van der Waals surface area contributed by atoms with Crippen molar-refractivity contribution in [3.8, 4) is 11.7 Å². The minimum Gasteiger partial charge on any atom is -0.473 e. The molecule has 0 unspecified atom stereocenters. The number of nitrogens with zero attached hydrogens (tertiary/aromatic N) is 3. The fraction of sp³-hybridized carbons (Fsp3) is 0.261. The highest BCUT2D eigenvalue weighted by Gasteiger charge is 2.30. The van der Waals surface area contributed by atoms with E-state index in [-0.39, 0.29) is 44.8 Å². The number of thiocarbonyl (C=S) groups is 1. The molecule has 194 valence electrons. The molecule has 0 saturated heterocycles. The average Bonchev–Trinajstić information content (AvgIpc) is 3.21. The van der Waals surface area contributed by atoms with Gasteiger partial charge in [0.25, 0.3) is 11.8 Å². The standard InChI is InChI=1S/C23H18Cl2F3N5O3S/c1-11-5-12(24)6-15(21(34)30-10-23(26,27)28)19(11)31-22(35)17-9-18(36-13-7-14(37)8-13)32-33(17)20-16(25)3-2-4-29-20/h2-6,9,13H,7-8,10H2,1H3,(H,30,34)(H,31,35). The number of alkyl halides is 3. The number of rotatable bonds is 7. The lowest BCUT2D eigenvalue weighted by Gasteiger charge is -2.26. The fourth-order valence-corrected chi connectivity index (χ4v) is 4.36. The Kier molecular flexibility index (Phi) is 7.72. The number of anilines is 1.